The Morgan fingerprint density at radius 3 is 2.72 bits per heavy atom. The van der Waals surface area contributed by atoms with Crippen molar-refractivity contribution in [3.8, 4) is 6.07 Å². The van der Waals surface area contributed by atoms with E-state index in [1.165, 1.54) is 0 Å². The molecule has 0 amide bonds. The lowest BCUT2D eigenvalue weighted by Gasteiger charge is -2.28. The maximum atomic E-state index is 8.89. The predicted molar refractivity (Wildman–Crippen MR) is 74.8 cm³/mol. The number of nitriles is 1. The molecule has 1 aromatic rings. The van der Waals surface area contributed by atoms with E-state index in [9.17, 15) is 0 Å². The van der Waals surface area contributed by atoms with E-state index in [0.29, 0.717) is 16.4 Å². The molecular formula is C13H19ClN4. The molecule has 0 spiro atoms. The van der Waals surface area contributed by atoms with Crippen LogP contribution in [-0.2, 0) is 0 Å². The molecule has 0 bridgehead atoms. The second-order valence-electron chi connectivity index (χ2n) is 5.39. The van der Waals surface area contributed by atoms with Crippen LogP contribution in [-0.4, -0.2) is 37.1 Å². The molecule has 98 valence electrons. The highest BCUT2D eigenvalue weighted by atomic mass is 35.5. The molecule has 0 fully saturated rings. The first kappa shape index (κ1) is 14.7. The number of halogens is 1. The van der Waals surface area contributed by atoms with Crippen molar-refractivity contribution in [2.75, 3.05) is 32.5 Å². The average Bonchev–Trinajstić information content (AvgIpc) is 2.26. The molecule has 0 aliphatic rings. The molecule has 5 heteroatoms. The summed E-state index contributed by atoms with van der Waals surface area (Å²) in [4.78, 5) is 6.30. The van der Waals surface area contributed by atoms with Crippen LogP contribution < -0.4 is 5.32 Å². The van der Waals surface area contributed by atoms with Gasteiger partial charge in [0.25, 0.3) is 0 Å². The van der Waals surface area contributed by atoms with Crippen LogP contribution in [0.5, 0.6) is 0 Å². The molecule has 0 aliphatic carbocycles. The molecule has 1 rings (SSSR count). The second-order valence-corrected chi connectivity index (χ2v) is 5.77. The minimum Gasteiger partial charge on any atom is -0.368 e. The summed E-state index contributed by atoms with van der Waals surface area (Å²) in [5.74, 6) is 0.572. The Balaban J connectivity index is 2.73. The lowest BCUT2D eigenvalue weighted by molar-refractivity contribution is 0.254. The van der Waals surface area contributed by atoms with Gasteiger partial charge in [-0.25, -0.2) is 4.98 Å². The lowest BCUT2D eigenvalue weighted by atomic mass is 9.93. The molecule has 4 nitrogen and oxygen atoms in total. The van der Waals surface area contributed by atoms with Crippen LogP contribution in [0.3, 0.4) is 0 Å². The van der Waals surface area contributed by atoms with Gasteiger partial charge < -0.3 is 10.2 Å². The SMILES string of the molecule is CN(C)CC(C)(C)CNc1nccc(C#N)c1Cl. The largest absolute Gasteiger partial charge is 0.368 e. The van der Waals surface area contributed by atoms with E-state index < -0.39 is 0 Å². The molecule has 0 radical (unpaired) electrons. The number of hydrogen-bond acceptors (Lipinski definition) is 4. The smallest absolute Gasteiger partial charge is 0.146 e. The van der Waals surface area contributed by atoms with Crippen LogP contribution in [0.15, 0.2) is 12.3 Å². The van der Waals surface area contributed by atoms with Crippen LogP contribution in [0, 0.1) is 16.7 Å². The van der Waals surface area contributed by atoms with Crippen molar-refractivity contribution in [2.45, 2.75) is 13.8 Å². The van der Waals surface area contributed by atoms with Crippen molar-refractivity contribution in [3.63, 3.8) is 0 Å². The van der Waals surface area contributed by atoms with Crippen LogP contribution in [0.4, 0.5) is 5.82 Å². The van der Waals surface area contributed by atoms with Gasteiger partial charge in [0, 0.05) is 19.3 Å². The number of rotatable bonds is 5. The van der Waals surface area contributed by atoms with Gasteiger partial charge in [-0.2, -0.15) is 5.26 Å². The first-order chi connectivity index (χ1) is 8.35. The summed E-state index contributed by atoms with van der Waals surface area (Å²) in [6.45, 7) is 6.03. The third-order valence-corrected chi connectivity index (χ3v) is 2.87. The molecule has 0 unspecified atom stereocenters. The summed E-state index contributed by atoms with van der Waals surface area (Å²) < 4.78 is 0. The zero-order chi connectivity index (χ0) is 13.8. The Hall–Kier alpha value is -1.31. The van der Waals surface area contributed by atoms with Crippen molar-refractivity contribution in [2.24, 2.45) is 5.41 Å². The maximum absolute atomic E-state index is 8.89. The van der Waals surface area contributed by atoms with Crippen molar-refractivity contribution >= 4 is 17.4 Å². The molecule has 1 N–H and O–H groups in total. The summed E-state index contributed by atoms with van der Waals surface area (Å²) in [5, 5.41) is 12.5. The van der Waals surface area contributed by atoms with Crippen LogP contribution >= 0.6 is 11.6 Å². The minimum atomic E-state index is 0.0944. The molecule has 1 heterocycles. The first-order valence-electron chi connectivity index (χ1n) is 5.79. The van der Waals surface area contributed by atoms with Gasteiger partial charge in [0.2, 0.25) is 0 Å². The molecule has 0 atom stereocenters. The van der Waals surface area contributed by atoms with E-state index >= 15 is 0 Å². The quantitative estimate of drug-likeness (QED) is 0.890. The van der Waals surface area contributed by atoms with Gasteiger partial charge >= 0.3 is 0 Å². The van der Waals surface area contributed by atoms with E-state index in [4.69, 9.17) is 16.9 Å². The third-order valence-electron chi connectivity index (χ3n) is 2.49. The summed E-state index contributed by atoms with van der Waals surface area (Å²) in [6, 6.07) is 3.65. The predicted octanol–water partition coefficient (Wildman–Crippen LogP) is 2.61. The van der Waals surface area contributed by atoms with Crippen LogP contribution in [0.25, 0.3) is 0 Å². The fraction of sp³-hybridized carbons (Fsp3) is 0.538. The topological polar surface area (TPSA) is 52.0 Å². The maximum Gasteiger partial charge on any atom is 0.146 e. The number of nitrogens with one attached hydrogen (secondary N) is 1. The summed E-state index contributed by atoms with van der Waals surface area (Å²) in [6.07, 6.45) is 1.59. The fourth-order valence-corrected chi connectivity index (χ4v) is 2.11. The van der Waals surface area contributed by atoms with Crippen LogP contribution in [0.1, 0.15) is 19.4 Å². The number of anilines is 1. The lowest BCUT2D eigenvalue weighted by Crippen LogP contribution is -2.34. The molecule has 0 aliphatic heterocycles. The molecule has 18 heavy (non-hydrogen) atoms. The Labute approximate surface area is 114 Å². The Morgan fingerprint density at radius 2 is 2.17 bits per heavy atom. The highest BCUT2D eigenvalue weighted by molar-refractivity contribution is 6.34. The number of aromatic nitrogens is 1. The molecule has 0 saturated carbocycles. The van der Waals surface area contributed by atoms with Crippen molar-refractivity contribution < 1.29 is 0 Å². The summed E-state index contributed by atoms with van der Waals surface area (Å²) >= 11 is 6.09. The Morgan fingerprint density at radius 1 is 1.50 bits per heavy atom. The monoisotopic (exact) mass is 266 g/mol. The van der Waals surface area contributed by atoms with Gasteiger partial charge in [-0.1, -0.05) is 25.4 Å². The van der Waals surface area contributed by atoms with Gasteiger partial charge in [-0.05, 0) is 25.6 Å². The third kappa shape index (κ3) is 4.17. The zero-order valence-corrected chi connectivity index (χ0v) is 12.0. The number of nitrogens with zero attached hydrogens (tertiary/aromatic N) is 3. The van der Waals surface area contributed by atoms with E-state index in [2.05, 4.69) is 29.0 Å². The first-order valence-corrected chi connectivity index (χ1v) is 6.17. The standard InChI is InChI=1S/C13H19ClN4/c1-13(2,9-18(3)4)8-17-12-11(14)10(7-15)5-6-16-12/h5-6H,8-9H2,1-4H3,(H,16,17). The summed E-state index contributed by atoms with van der Waals surface area (Å²) in [5.41, 5.74) is 0.538. The molecule has 0 saturated heterocycles. The van der Waals surface area contributed by atoms with Gasteiger partial charge in [0.05, 0.1) is 5.56 Å². The van der Waals surface area contributed by atoms with E-state index in [0.717, 1.165) is 13.1 Å². The second kappa shape index (κ2) is 6.03. The number of pyridine rings is 1. The zero-order valence-electron chi connectivity index (χ0n) is 11.3. The Kier molecular flexibility index (Phi) is 4.94. The van der Waals surface area contributed by atoms with Crippen molar-refractivity contribution in [1.29, 1.82) is 5.26 Å². The van der Waals surface area contributed by atoms with E-state index in [1.807, 2.05) is 20.2 Å². The highest BCUT2D eigenvalue weighted by Gasteiger charge is 2.19. The van der Waals surface area contributed by atoms with Gasteiger partial charge in [-0.15, -0.1) is 0 Å². The average molecular weight is 267 g/mol. The van der Waals surface area contributed by atoms with Gasteiger partial charge in [0.1, 0.15) is 16.9 Å². The van der Waals surface area contributed by atoms with Crippen molar-refractivity contribution in [1.82, 2.24) is 9.88 Å². The van der Waals surface area contributed by atoms with E-state index in [1.54, 1.807) is 12.3 Å². The van der Waals surface area contributed by atoms with Crippen molar-refractivity contribution in [3.05, 3.63) is 22.8 Å². The molecular weight excluding hydrogens is 248 g/mol. The molecule has 0 aromatic carbocycles. The van der Waals surface area contributed by atoms with Gasteiger partial charge in [0.15, 0.2) is 0 Å². The normalized spacial score (nSPS) is 11.4. The Bertz CT molecular complexity index is 449. The minimum absolute atomic E-state index is 0.0944. The van der Waals surface area contributed by atoms with Crippen LogP contribution in [0.2, 0.25) is 5.02 Å². The fourth-order valence-electron chi connectivity index (χ4n) is 1.89. The summed E-state index contributed by atoms with van der Waals surface area (Å²) in [7, 11) is 4.09. The van der Waals surface area contributed by atoms with E-state index in [-0.39, 0.29) is 5.41 Å². The highest BCUT2D eigenvalue weighted by Crippen LogP contribution is 2.24. The van der Waals surface area contributed by atoms with Gasteiger partial charge in [-0.3, -0.25) is 0 Å². The number of hydrogen-bond donors (Lipinski definition) is 1. The molecule has 1 aromatic heterocycles.